The molecule has 0 saturated carbocycles. The van der Waals surface area contributed by atoms with Gasteiger partial charge < -0.3 is 0 Å². The van der Waals surface area contributed by atoms with Crippen LogP contribution in [0.1, 0.15) is 16.7 Å². The highest BCUT2D eigenvalue weighted by Gasteiger charge is 2.12. The standard InChI is InChI=1S/C18H15BrN2/c1-10-4-5-16-13(6-10)12(3)9-17-14-7-11(2)8-15(19)18(14)20-21(16)17/h4-9H,1-3H3. The number of hydrogen-bond donors (Lipinski definition) is 0. The van der Waals surface area contributed by atoms with Crippen LogP contribution in [0.2, 0.25) is 0 Å². The van der Waals surface area contributed by atoms with Crippen LogP contribution in [0, 0.1) is 20.8 Å². The molecule has 2 aromatic heterocycles. The average molecular weight is 339 g/mol. The van der Waals surface area contributed by atoms with Crippen LogP contribution in [0.5, 0.6) is 0 Å². The van der Waals surface area contributed by atoms with Crippen LogP contribution in [-0.2, 0) is 0 Å². The van der Waals surface area contributed by atoms with Crippen molar-refractivity contribution in [1.82, 2.24) is 9.61 Å². The fourth-order valence-corrected chi connectivity index (χ4v) is 3.71. The Kier molecular flexibility index (Phi) is 2.64. The number of nitrogens with zero attached hydrogens (tertiary/aromatic N) is 2. The van der Waals surface area contributed by atoms with Crippen LogP contribution in [0.15, 0.2) is 40.9 Å². The first-order valence-corrected chi connectivity index (χ1v) is 7.82. The number of aromatic nitrogens is 2. The van der Waals surface area contributed by atoms with Crippen molar-refractivity contribution in [2.24, 2.45) is 0 Å². The highest BCUT2D eigenvalue weighted by Crippen LogP contribution is 2.31. The molecule has 21 heavy (non-hydrogen) atoms. The van der Waals surface area contributed by atoms with Crippen molar-refractivity contribution >= 4 is 43.3 Å². The lowest BCUT2D eigenvalue weighted by Crippen LogP contribution is -1.92. The molecule has 2 aromatic carbocycles. The van der Waals surface area contributed by atoms with Gasteiger partial charge in [0, 0.05) is 15.2 Å². The van der Waals surface area contributed by atoms with E-state index in [-0.39, 0.29) is 0 Å². The molecule has 0 radical (unpaired) electrons. The van der Waals surface area contributed by atoms with E-state index in [2.05, 4.69) is 77.6 Å². The highest BCUT2D eigenvalue weighted by atomic mass is 79.9. The lowest BCUT2D eigenvalue weighted by atomic mass is 10.1. The number of aryl methyl sites for hydroxylation is 3. The Morgan fingerprint density at radius 2 is 1.62 bits per heavy atom. The molecule has 0 aliphatic heterocycles. The summed E-state index contributed by atoms with van der Waals surface area (Å²) in [5.74, 6) is 0. The molecule has 4 rings (SSSR count). The van der Waals surface area contributed by atoms with Crippen molar-refractivity contribution in [3.05, 3.63) is 57.6 Å². The van der Waals surface area contributed by atoms with Gasteiger partial charge in [-0.15, -0.1) is 0 Å². The molecule has 0 N–H and O–H groups in total. The minimum absolute atomic E-state index is 1.02. The second-order valence-electron chi connectivity index (χ2n) is 5.79. The Labute approximate surface area is 131 Å². The van der Waals surface area contributed by atoms with Crippen LogP contribution >= 0.6 is 15.9 Å². The maximum atomic E-state index is 4.82. The summed E-state index contributed by atoms with van der Waals surface area (Å²) in [6.07, 6.45) is 0. The average Bonchev–Trinajstić information content (AvgIpc) is 2.78. The number of halogens is 1. The van der Waals surface area contributed by atoms with Gasteiger partial charge in [0.25, 0.3) is 0 Å². The summed E-state index contributed by atoms with van der Waals surface area (Å²) in [4.78, 5) is 0. The maximum Gasteiger partial charge on any atom is 0.108 e. The number of pyridine rings is 1. The van der Waals surface area contributed by atoms with Gasteiger partial charge in [-0.25, -0.2) is 4.52 Å². The van der Waals surface area contributed by atoms with E-state index < -0.39 is 0 Å². The zero-order valence-electron chi connectivity index (χ0n) is 12.2. The van der Waals surface area contributed by atoms with E-state index in [1.165, 1.54) is 33.0 Å². The van der Waals surface area contributed by atoms with Gasteiger partial charge in [-0.1, -0.05) is 11.6 Å². The SMILES string of the molecule is Cc1ccc2c(c1)c(C)cc1c3cc(C)cc(Br)c3nn21. The molecule has 104 valence electrons. The fourth-order valence-electron chi connectivity index (χ4n) is 3.06. The van der Waals surface area contributed by atoms with Crippen LogP contribution in [-0.4, -0.2) is 9.61 Å². The van der Waals surface area contributed by atoms with Gasteiger partial charge in [0.1, 0.15) is 5.52 Å². The Hall–Kier alpha value is -1.87. The second kappa shape index (κ2) is 4.31. The third-order valence-corrected chi connectivity index (χ3v) is 4.67. The van der Waals surface area contributed by atoms with Crippen molar-refractivity contribution in [3.8, 4) is 0 Å². The third kappa shape index (κ3) is 1.80. The molecule has 0 spiro atoms. The van der Waals surface area contributed by atoms with Crippen LogP contribution in [0.4, 0.5) is 0 Å². The molecule has 0 fully saturated rings. The molecule has 0 aliphatic carbocycles. The Balaban J connectivity index is 2.30. The number of hydrogen-bond acceptors (Lipinski definition) is 1. The molecule has 3 heteroatoms. The van der Waals surface area contributed by atoms with Crippen molar-refractivity contribution in [3.63, 3.8) is 0 Å². The molecule has 0 bridgehead atoms. The summed E-state index contributed by atoms with van der Waals surface area (Å²) in [5.41, 5.74) is 7.16. The van der Waals surface area contributed by atoms with Crippen LogP contribution < -0.4 is 0 Å². The minimum atomic E-state index is 1.02. The van der Waals surface area contributed by atoms with Gasteiger partial charge >= 0.3 is 0 Å². The Morgan fingerprint density at radius 1 is 0.857 bits per heavy atom. The van der Waals surface area contributed by atoms with Crippen molar-refractivity contribution in [1.29, 1.82) is 0 Å². The van der Waals surface area contributed by atoms with E-state index in [0.29, 0.717) is 0 Å². The summed E-state index contributed by atoms with van der Waals surface area (Å²) in [7, 11) is 0. The highest BCUT2D eigenvalue weighted by molar-refractivity contribution is 9.10. The second-order valence-corrected chi connectivity index (χ2v) is 6.64. The predicted molar refractivity (Wildman–Crippen MR) is 92.1 cm³/mol. The molecule has 2 heterocycles. The first-order chi connectivity index (χ1) is 10.0. The fraction of sp³-hybridized carbons (Fsp3) is 0.167. The number of fused-ring (bicyclic) bond motifs is 5. The largest absolute Gasteiger partial charge is 0.232 e. The molecule has 4 aromatic rings. The molecular formula is C18H15BrN2. The van der Waals surface area contributed by atoms with Gasteiger partial charge in [-0.3, -0.25) is 0 Å². The number of rotatable bonds is 0. The van der Waals surface area contributed by atoms with Crippen molar-refractivity contribution < 1.29 is 0 Å². The van der Waals surface area contributed by atoms with E-state index >= 15 is 0 Å². The van der Waals surface area contributed by atoms with Crippen LogP contribution in [0.3, 0.4) is 0 Å². The molecule has 2 nitrogen and oxygen atoms in total. The molecular weight excluding hydrogens is 324 g/mol. The van der Waals surface area contributed by atoms with Gasteiger partial charge in [0.15, 0.2) is 0 Å². The topological polar surface area (TPSA) is 17.3 Å². The summed E-state index contributed by atoms with van der Waals surface area (Å²) in [6, 6.07) is 13.1. The monoisotopic (exact) mass is 338 g/mol. The van der Waals surface area contributed by atoms with Crippen molar-refractivity contribution in [2.75, 3.05) is 0 Å². The smallest absolute Gasteiger partial charge is 0.108 e. The first-order valence-electron chi connectivity index (χ1n) is 7.03. The Bertz CT molecular complexity index is 1030. The first kappa shape index (κ1) is 12.8. The normalized spacial score (nSPS) is 11.8. The van der Waals surface area contributed by atoms with Crippen LogP contribution in [0.25, 0.3) is 27.3 Å². The van der Waals surface area contributed by atoms with Gasteiger partial charge in [-0.05, 0) is 78.2 Å². The maximum absolute atomic E-state index is 4.82. The minimum Gasteiger partial charge on any atom is -0.232 e. The lowest BCUT2D eigenvalue weighted by molar-refractivity contribution is 1.02. The van der Waals surface area contributed by atoms with Gasteiger partial charge in [-0.2, -0.15) is 5.10 Å². The third-order valence-electron chi connectivity index (χ3n) is 4.07. The van der Waals surface area contributed by atoms with Gasteiger partial charge in [0.2, 0.25) is 0 Å². The van der Waals surface area contributed by atoms with Gasteiger partial charge in [0.05, 0.1) is 11.0 Å². The number of benzene rings is 2. The quantitative estimate of drug-likeness (QED) is 0.423. The molecule has 0 aliphatic rings. The van der Waals surface area contributed by atoms with E-state index in [0.717, 1.165) is 15.5 Å². The summed E-state index contributed by atoms with van der Waals surface area (Å²) < 4.78 is 3.12. The predicted octanol–water partition coefficient (Wildman–Crippen LogP) is 5.33. The summed E-state index contributed by atoms with van der Waals surface area (Å²) in [6.45, 7) is 6.42. The van der Waals surface area contributed by atoms with E-state index in [1.807, 2.05) is 0 Å². The Morgan fingerprint density at radius 3 is 2.43 bits per heavy atom. The molecule has 0 amide bonds. The summed E-state index contributed by atoms with van der Waals surface area (Å²) in [5, 5.41) is 7.29. The zero-order chi connectivity index (χ0) is 14.7. The van der Waals surface area contributed by atoms with E-state index in [9.17, 15) is 0 Å². The molecule has 0 saturated heterocycles. The zero-order valence-corrected chi connectivity index (χ0v) is 13.8. The lowest BCUT2D eigenvalue weighted by Gasteiger charge is -2.06. The summed E-state index contributed by atoms with van der Waals surface area (Å²) >= 11 is 3.64. The van der Waals surface area contributed by atoms with Crippen molar-refractivity contribution in [2.45, 2.75) is 20.8 Å². The van der Waals surface area contributed by atoms with E-state index in [1.54, 1.807) is 0 Å². The van der Waals surface area contributed by atoms with E-state index in [4.69, 9.17) is 5.10 Å². The molecule has 0 unspecified atom stereocenters. The molecule has 0 atom stereocenters.